The standard InChI is InChI=1S/C21H28N2O3/c1-14-12-18(15(2)23(14)13-17-10-8-7-9-11-17)20(25)26-16(3)19(24)22-21(4,5)6/h7-12,16H,13H2,1-6H3,(H,22,24). The summed E-state index contributed by atoms with van der Waals surface area (Å²) in [7, 11) is 0. The second-order valence-electron chi connectivity index (χ2n) is 7.64. The monoisotopic (exact) mass is 356 g/mol. The van der Waals surface area contributed by atoms with E-state index in [2.05, 4.69) is 22.0 Å². The third-order valence-corrected chi connectivity index (χ3v) is 4.13. The van der Waals surface area contributed by atoms with E-state index in [1.165, 1.54) is 0 Å². The number of aryl methyl sites for hydroxylation is 1. The van der Waals surface area contributed by atoms with E-state index in [0.29, 0.717) is 12.1 Å². The molecule has 1 aromatic heterocycles. The molecule has 1 unspecified atom stereocenters. The summed E-state index contributed by atoms with van der Waals surface area (Å²) < 4.78 is 7.45. The van der Waals surface area contributed by atoms with Gasteiger partial charge >= 0.3 is 5.97 Å². The smallest absolute Gasteiger partial charge is 0.340 e. The van der Waals surface area contributed by atoms with Gasteiger partial charge in [0.2, 0.25) is 0 Å². The molecule has 5 heteroatoms. The number of hydrogen-bond donors (Lipinski definition) is 1. The van der Waals surface area contributed by atoms with Crippen molar-refractivity contribution in [1.82, 2.24) is 9.88 Å². The Bertz CT molecular complexity index is 786. The number of amides is 1. The number of carbonyl (C=O) groups excluding carboxylic acids is 2. The van der Waals surface area contributed by atoms with Crippen LogP contribution in [-0.4, -0.2) is 28.1 Å². The van der Waals surface area contributed by atoms with Crippen LogP contribution in [0.5, 0.6) is 0 Å². The molecule has 1 N–H and O–H groups in total. The molecule has 1 aromatic carbocycles. The SMILES string of the molecule is Cc1cc(C(=O)OC(C)C(=O)NC(C)(C)C)c(C)n1Cc1ccccc1. The summed E-state index contributed by atoms with van der Waals surface area (Å²) in [4.78, 5) is 24.7. The van der Waals surface area contributed by atoms with Crippen LogP contribution in [0.15, 0.2) is 36.4 Å². The summed E-state index contributed by atoms with van der Waals surface area (Å²) in [6, 6.07) is 11.9. The minimum atomic E-state index is -0.848. The van der Waals surface area contributed by atoms with Crippen molar-refractivity contribution in [3.8, 4) is 0 Å². The van der Waals surface area contributed by atoms with Crippen molar-refractivity contribution < 1.29 is 14.3 Å². The van der Waals surface area contributed by atoms with Gasteiger partial charge in [-0.2, -0.15) is 0 Å². The lowest BCUT2D eigenvalue weighted by Crippen LogP contribution is -2.46. The Morgan fingerprint density at radius 2 is 1.77 bits per heavy atom. The second-order valence-corrected chi connectivity index (χ2v) is 7.64. The number of benzene rings is 1. The van der Waals surface area contributed by atoms with Gasteiger partial charge in [-0.3, -0.25) is 4.79 Å². The average molecular weight is 356 g/mol. The van der Waals surface area contributed by atoms with Crippen molar-refractivity contribution in [3.05, 3.63) is 58.9 Å². The van der Waals surface area contributed by atoms with E-state index in [4.69, 9.17) is 4.74 Å². The summed E-state index contributed by atoms with van der Waals surface area (Å²) in [5, 5.41) is 2.82. The Morgan fingerprint density at radius 1 is 1.15 bits per heavy atom. The zero-order valence-electron chi connectivity index (χ0n) is 16.4. The summed E-state index contributed by atoms with van der Waals surface area (Å²) in [5.41, 5.74) is 3.09. The fourth-order valence-corrected chi connectivity index (χ4v) is 2.77. The maximum atomic E-state index is 12.5. The van der Waals surface area contributed by atoms with E-state index in [1.54, 1.807) is 6.92 Å². The Labute approximate surface area is 155 Å². The molecule has 1 amide bonds. The zero-order chi connectivity index (χ0) is 19.5. The van der Waals surface area contributed by atoms with Gasteiger partial charge in [0.15, 0.2) is 6.10 Å². The quantitative estimate of drug-likeness (QED) is 0.833. The Kier molecular flexibility index (Phi) is 5.90. The molecule has 26 heavy (non-hydrogen) atoms. The molecule has 1 atom stereocenters. The van der Waals surface area contributed by atoms with Gasteiger partial charge in [0.1, 0.15) is 0 Å². The Morgan fingerprint density at radius 3 is 2.35 bits per heavy atom. The van der Waals surface area contributed by atoms with E-state index in [9.17, 15) is 9.59 Å². The van der Waals surface area contributed by atoms with Crippen LogP contribution in [0.25, 0.3) is 0 Å². The van der Waals surface area contributed by atoms with Crippen molar-refractivity contribution in [2.75, 3.05) is 0 Å². The molecule has 0 aliphatic carbocycles. The largest absolute Gasteiger partial charge is 0.449 e. The highest BCUT2D eigenvalue weighted by Gasteiger charge is 2.25. The maximum Gasteiger partial charge on any atom is 0.340 e. The summed E-state index contributed by atoms with van der Waals surface area (Å²) in [6.45, 7) is 11.8. The fraction of sp³-hybridized carbons (Fsp3) is 0.429. The maximum absolute atomic E-state index is 12.5. The highest BCUT2D eigenvalue weighted by molar-refractivity contribution is 5.93. The van der Waals surface area contributed by atoms with Crippen molar-refractivity contribution in [2.24, 2.45) is 0 Å². The molecule has 0 aliphatic heterocycles. The minimum absolute atomic E-state index is 0.302. The predicted molar refractivity (Wildman–Crippen MR) is 102 cm³/mol. The molecule has 0 saturated heterocycles. The highest BCUT2D eigenvalue weighted by Crippen LogP contribution is 2.19. The molecular formula is C21H28N2O3. The molecule has 140 valence electrons. The minimum Gasteiger partial charge on any atom is -0.449 e. The molecule has 0 saturated carbocycles. The van der Waals surface area contributed by atoms with Crippen LogP contribution < -0.4 is 5.32 Å². The number of rotatable bonds is 5. The van der Waals surface area contributed by atoms with Gasteiger partial charge in [0.25, 0.3) is 5.91 Å². The summed E-state index contributed by atoms with van der Waals surface area (Å²) in [6.07, 6.45) is -0.848. The van der Waals surface area contributed by atoms with Crippen LogP contribution in [0.4, 0.5) is 0 Å². The normalized spacial score (nSPS) is 12.5. The van der Waals surface area contributed by atoms with E-state index in [-0.39, 0.29) is 11.4 Å². The molecule has 2 rings (SSSR count). The van der Waals surface area contributed by atoms with Crippen LogP contribution in [0, 0.1) is 13.8 Å². The number of carbonyl (C=O) groups is 2. The molecule has 1 heterocycles. The molecule has 2 aromatic rings. The van der Waals surface area contributed by atoms with Crippen LogP contribution in [0.1, 0.15) is 55.0 Å². The van der Waals surface area contributed by atoms with Crippen LogP contribution in [0.2, 0.25) is 0 Å². The molecule has 0 spiro atoms. The third-order valence-electron chi connectivity index (χ3n) is 4.13. The first-order valence-corrected chi connectivity index (χ1v) is 8.82. The van der Waals surface area contributed by atoms with Crippen molar-refractivity contribution in [1.29, 1.82) is 0 Å². The molecule has 5 nitrogen and oxygen atoms in total. The lowest BCUT2D eigenvalue weighted by molar-refractivity contribution is -0.130. The molecule has 0 fully saturated rings. The first kappa shape index (κ1) is 19.8. The van der Waals surface area contributed by atoms with Gasteiger partial charge in [0.05, 0.1) is 5.56 Å². The van der Waals surface area contributed by atoms with E-state index in [0.717, 1.165) is 17.0 Å². The highest BCUT2D eigenvalue weighted by atomic mass is 16.5. The van der Waals surface area contributed by atoms with Gasteiger partial charge in [0, 0.05) is 23.5 Å². The van der Waals surface area contributed by atoms with Crippen molar-refractivity contribution >= 4 is 11.9 Å². The summed E-state index contributed by atoms with van der Waals surface area (Å²) >= 11 is 0. The topological polar surface area (TPSA) is 60.3 Å². The average Bonchev–Trinajstić information content (AvgIpc) is 2.82. The molecule has 0 radical (unpaired) electrons. The molecule has 0 aliphatic rings. The van der Waals surface area contributed by atoms with E-state index in [1.807, 2.05) is 58.9 Å². The van der Waals surface area contributed by atoms with Gasteiger partial charge in [-0.1, -0.05) is 30.3 Å². The fourth-order valence-electron chi connectivity index (χ4n) is 2.77. The number of esters is 1. The van der Waals surface area contributed by atoms with Gasteiger partial charge in [-0.05, 0) is 53.2 Å². The Balaban J connectivity index is 2.12. The van der Waals surface area contributed by atoms with Gasteiger partial charge in [-0.25, -0.2) is 4.79 Å². The lowest BCUT2D eigenvalue weighted by Gasteiger charge is -2.23. The van der Waals surface area contributed by atoms with E-state index < -0.39 is 12.1 Å². The van der Waals surface area contributed by atoms with Gasteiger partial charge < -0.3 is 14.6 Å². The number of nitrogens with zero attached hydrogens (tertiary/aromatic N) is 1. The summed E-state index contributed by atoms with van der Waals surface area (Å²) in [5.74, 6) is -0.780. The predicted octanol–water partition coefficient (Wildman–Crippen LogP) is 3.61. The second kappa shape index (κ2) is 7.77. The number of hydrogen-bond acceptors (Lipinski definition) is 3. The number of aromatic nitrogens is 1. The number of nitrogens with one attached hydrogen (secondary N) is 1. The van der Waals surface area contributed by atoms with Crippen molar-refractivity contribution in [2.45, 2.75) is 59.7 Å². The molecular weight excluding hydrogens is 328 g/mol. The van der Waals surface area contributed by atoms with Crippen LogP contribution in [-0.2, 0) is 16.1 Å². The van der Waals surface area contributed by atoms with E-state index >= 15 is 0 Å². The molecule has 0 bridgehead atoms. The first-order valence-electron chi connectivity index (χ1n) is 8.82. The first-order chi connectivity index (χ1) is 12.1. The van der Waals surface area contributed by atoms with Crippen molar-refractivity contribution in [3.63, 3.8) is 0 Å². The third kappa shape index (κ3) is 4.97. The van der Waals surface area contributed by atoms with Crippen LogP contribution in [0.3, 0.4) is 0 Å². The lowest BCUT2D eigenvalue weighted by atomic mass is 10.1. The van der Waals surface area contributed by atoms with Crippen LogP contribution >= 0.6 is 0 Å². The van der Waals surface area contributed by atoms with Gasteiger partial charge in [-0.15, -0.1) is 0 Å². The Hall–Kier alpha value is -2.56. The number of ether oxygens (including phenoxy) is 1. The zero-order valence-corrected chi connectivity index (χ0v) is 16.4.